The molecule has 124 valence electrons. The molecule has 5 aliphatic rings. The van der Waals surface area contributed by atoms with E-state index in [0.29, 0.717) is 35.2 Å². The van der Waals surface area contributed by atoms with Gasteiger partial charge in [-0.1, -0.05) is 13.8 Å². The second-order valence-electron chi connectivity index (χ2n) is 9.23. The molecular formula is C20H25ClO2. The van der Waals surface area contributed by atoms with Gasteiger partial charge in [0.05, 0.1) is 5.38 Å². The number of fused-ring (bicyclic) bond motifs is 7. The Morgan fingerprint density at radius 1 is 1.09 bits per heavy atom. The second-order valence-corrected chi connectivity index (χ2v) is 9.76. The maximum atomic E-state index is 12.5. The minimum atomic E-state index is -0.0945. The van der Waals surface area contributed by atoms with Crippen LogP contribution in [0.25, 0.3) is 0 Å². The third kappa shape index (κ3) is 1.62. The van der Waals surface area contributed by atoms with Crippen LogP contribution in [0.4, 0.5) is 0 Å². The largest absolute Gasteiger partial charge is 0.299 e. The van der Waals surface area contributed by atoms with Crippen LogP contribution in [0, 0.1) is 40.4 Å². The van der Waals surface area contributed by atoms with Crippen molar-refractivity contribution in [2.45, 2.75) is 57.7 Å². The third-order valence-corrected chi connectivity index (χ3v) is 8.99. The summed E-state index contributed by atoms with van der Waals surface area (Å²) in [6.07, 6.45) is 7.94. The minimum absolute atomic E-state index is 0.00944. The van der Waals surface area contributed by atoms with Crippen LogP contribution < -0.4 is 0 Å². The number of Topliss-reactive ketones (excluding diaryl/α,β-unsaturated/α-hetero) is 1. The summed E-state index contributed by atoms with van der Waals surface area (Å²) in [4.78, 5) is 24.7. The van der Waals surface area contributed by atoms with Crippen molar-refractivity contribution in [3.8, 4) is 0 Å². The predicted octanol–water partition coefficient (Wildman–Crippen LogP) is 4.16. The van der Waals surface area contributed by atoms with Crippen LogP contribution in [0.15, 0.2) is 11.6 Å². The monoisotopic (exact) mass is 332 g/mol. The Hall–Kier alpha value is -0.630. The topological polar surface area (TPSA) is 34.1 Å². The van der Waals surface area contributed by atoms with Crippen molar-refractivity contribution < 1.29 is 9.59 Å². The molecule has 5 rings (SSSR count). The highest BCUT2D eigenvalue weighted by Crippen LogP contribution is 2.71. The second kappa shape index (κ2) is 4.31. The molecule has 0 amide bonds. The number of hydrogen-bond donors (Lipinski definition) is 0. The summed E-state index contributed by atoms with van der Waals surface area (Å²) in [5.74, 6) is 3.30. The van der Waals surface area contributed by atoms with E-state index in [4.69, 9.17) is 11.6 Å². The first-order chi connectivity index (χ1) is 10.9. The van der Waals surface area contributed by atoms with Gasteiger partial charge in [0, 0.05) is 17.8 Å². The lowest BCUT2D eigenvalue weighted by molar-refractivity contribution is -0.132. The van der Waals surface area contributed by atoms with Gasteiger partial charge in [-0.3, -0.25) is 9.59 Å². The van der Waals surface area contributed by atoms with Gasteiger partial charge in [0.15, 0.2) is 5.78 Å². The van der Waals surface area contributed by atoms with Gasteiger partial charge in [-0.2, -0.15) is 0 Å². The molecule has 3 heteroatoms. The molecule has 2 nitrogen and oxygen atoms in total. The maximum absolute atomic E-state index is 12.5. The number of allylic oxidation sites excluding steroid dienone is 1. The lowest BCUT2D eigenvalue weighted by Crippen LogP contribution is -2.54. The predicted molar refractivity (Wildman–Crippen MR) is 89.1 cm³/mol. The quantitative estimate of drug-likeness (QED) is 0.624. The number of carbonyl (C=O) groups is 2. The minimum Gasteiger partial charge on any atom is -0.299 e. The summed E-state index contributed by atoms with van der Waals surface area (Å²) in [6, 6.07) is 0. The van der Waals surface area contributed by atoms with E-state index >= 15 is 0 Å². The van der Waals surface area contributed by atoms with Crippen LogP contribution in [0.1, 0.15) is 52.4 Å². The molecule has 0 aromatic rings. The zero-order valence-electron chi connectivity index (χ0n) is 14.0. The smallest absolute Gasteiger partial charge is 0.159 e. The Balaban J connectivity index is 1.59. The van der Waals surface area contributed by atoms with E-state index in [-0.39, 0.29) is 22.1 Å². The van der Waals surface area contributed by atoms with Crippen molar-refractivity contribution >= 4 is 23.2 Å². The highest BCUT2D eigenvalue weighted by atomic mass is 35.5. The molecule has 0 saturated heterocycles. The zero-order chi connectivity index (χ0) is 16.1. The van der Waals surface area contributed by atoms with Crippen LogP contribution >= 0.6 is 11.6 Å². The first-order valence-corrected chi connectivity index (χ1v) is 9.74. The number of rotatable bonds is 0. The van der Waals surface area contributed by atoms with E-state index in [1.807, 2.05) is 6.08 Å². The Bertz CT molecular complexity index is 652. The Kier molecular flexibility index (Phi) is 2.75. The van der Waals surface area contributed by atoms with Crippen molar-refractivity contribution in [2.75, 3.05) is 0 Å². The van der Waals surface area contributed by atoms with Crippen molar-refractivity contribution in [2.24, 2.45) is 40.4 Å². The van der Waals surface area contributed by atoms with Gasteiger partial charge in [0.1, 0.15) is 5.78 Å². The van der Waals surface area contributed by atoms with E-state index in [1.165, 1.54) is 5.57 Å². The van der Waals surface area contributed by atoms with E-state index in [1.54, 1.807) is 0 Å². The Labute approximate surface area is 143 Å². The van der Waals surface area contributed by atoms with E-state index in [0.717, 1.165) is 38.5 Å². The molecule has 0 N–H and O–H groups in total. The number of ketones is 2. The Morgan fingerprint density at radius 3 is 2.65 bits per heavy atom. The Morgan fingerprint density at radius 2 is 1.87 bits per heavy atom. The highest BCUT2D eigenvalue weighted by Gasteiger charge is 2.67. The molecule has 0 aromatic heterocycles. The van der Waals surface area contributed by atoms with Crippen LogP contribution in [-0.2, 0) is 9.59 Å². The maximum Gasteiger partial charge on any atom is 0.159 e. The first-order valence-electron chi connectivity index (χ1n) is 9.30. The lowest BCUT2D eigenvalue weighted by atomic mass is 9.47. The van der Waals surface area contributed by atoms with Gasteiger partial charge in [-0.05, 0) is 72.8 Å². The number of alkyl halides is 1. The van der Waals surface area contributed by atoms with E-state index < -0.39 is 0 Å². The summed E-state index contributed by atoms with van der Waals surface area (Å²) in [5, 5.41) is -0.00944. The molecule has 0 heterocycles. The summed E-state index contributed by atoms with van der Waals surface area (Å²) >= 11 is 6.82. The average molecular weight is 333 g/mol. The van der Waals surface area contributed by atoms with Gasteiger partial charge in [0.2, 0.25) is 0 Å². The molecule has 0 radical (unpaired) electrons. The summed E-state index contributed by atoms with van der Waals surface area (Å²) in [6.45, 7) is 4.60. The van der Waals surface area contributed by atoms with E-state index in [9.17, 15) is 9.59 Å². The van der Waals surface area contributed by atoms with E-state index in [2.05, 4.69) is 13.8 Å². The zero-order valence-corrected chi connectivity index (χ0v) is 14.7. The number of halogens is 1. The number of carbonyl (C=O) groups excluding carboxylic acids is 2. The van der Waals surface area contributed by atoms with Gasteiger partial charge in [-0.25, -0.2) is 0 Å². The average Bonchev–Trinajstić information content (AvgIpc) is 3.26. The molecule has 1 unspecified atom stereocenters. The molecule has 4 fully saturated rings. The van der Waals surface area contributed by atoms with Crippen LogP contribution in [0.5, 0.6) is 0 Å². The lowest BCUT2D eigenvalue weighted by Gasteiger charge is -2.58. The van der Waals surface area contributed by atoms with Crippen molar-refractivity contribution in [1.82, 2.24) is 0 Å². The summed E-state index contributed by atoms with van der Waals surface area (Å²) in [5.41, 5.74) is 1.25. The van der Waals surface area contributed by atoms with Gasteiger partial charge >= 0.3 is 0 Å². The molecule has 23 heavy (non-hydrogen) atoms. The molecule has 5 aliphatic carbocycles. The molecular weight excluding hydrogens is 308 g/mol. The molecule has 4 saturated carbocycles. The first kappa shape index (κ1) is 14.7. The number of hydrogen-bond acceptors (Lipinski definition) is 2. The summed E-state index contributed by atoms with van der Waals surface area (Å²) < 4.78 is 0. The standard InChI is InChI=1S/C20H25ClO2/c1-19-6-5-13-10(12(19)3-4-18(19)23)8-16(21)15-9-17(22)11-7-14(11)20(13,15)2/h9-14,16H,3-8H2,1-2H3/t10-,11-,12-,13-,14?,16+,19-,20-/m0/s1. The van der Waals surface area contributed by atoms with Crippen LogP contribution in [-0.4, -0.2) is 16.9 Å². The fraction of sp³-hybridized carbons (Fsp3) is 0.800. The molecule has 0 bridgehead atoms. The molecule has 8 atom stereocenters. The van der Waals surface area contributed by atoms with Crippen molar-refractivity contribution in [3.63, 3.8) is 0 Å². The van der Waals surface area contributed by atoms with Gasteiger partial charge in [0.25, 0.3) is 0 Å². The van der Waals surface area contributed by atoms with Crippen molar-refractivity contribution in [1.29, 1.82) is 0 Å². The highest BCUT2D eigenvalue weighted by molar-refractivity contribution is 6.23. The van der Waals surface area contributed by atoms with Crippen LogP contribution in [0.2, 0.25) is 0 Å². The fourth-order valence-corrected chi connectivity index (χ4v) is 7.72. The fourth-order valence-electron chi connectivity index (χ4n) is 7.22. The SMILES string of the molecule is C[C@]12CC[C@H]3[C@@H](C[C@@H](Cl)C4=CC(=O)[C@H]5CC5[C@@]43C)[C@@H]1CCC2=O. The third-order valence-electron chi connectivity index (χ3n) is 8.58. The molecule has 0 aliphatic heterocycles. The van der Waals surface area contributed by atoms with Crippen LogP contribution in [0.3, 0.4) is 0 Å². The summed E-state index contributed by atoms with van der Waals surface area (Å²) in [7, 11) is 0. The normalized spacial score (nSPS) is 57.1. The van der Waals surface area contributed by atoms with Gasteiger partial charge in [-0.15, -0.1) is 11.6 Å². The molecule has 0 spiro atoms. The van der Waals surface area contributed by atoms with Crippen molar-refractivity contribution in [3.05, 3.63) is 11.6 Å². The van der Waals surface area contributed by atoms with Gasteiger partial charge < -0.3 is 0 Å². The molecule has 0 aromatic carbocycles.